The van der Waals surface area contributed by atoms with Gasteiger partial charge in [0.25, 0.3) is 0 Å². The van der Waals surface area contributed by atoms with Gasteiger partial charge in [-0.1, -0.05) is 67.2 Å². The fourth-order valence-electron chi connectivity index (χ4n) is 1.62. The molecule has 0 aliphatic heterocycles. The molecule has 0 aliphatic rings. The highest BCUT2D eigenvalue weighted by atomic mass is 16.5. The van der Waals surface area contributed by atoms with Gasteiger partial charge in [0.2, 0.25) is 11.6 Å². The number of ketones is 2. The van der Waals surface area contributed by atoms with E-state index >= 15 is 0 Å². The van der Waals surface area contributed by atoms with E-state index in [1.54, 1.807) is 55.5 Å². The predicted octanol–water partition coefficient (Wildman–Crippen LogP) is 3.49. The van der Waals surface area contributed by atoms with Crippen LogP contribution in [0.5, 0.6) is 0 Å². The van der Waals surface area contributed by atoms with Gasteiger partial charge < -0.3 is 4.74 Å². The van der Waals surface area contributed by atoms with E-state index in [9.17, 15) is 14.4 Å². The first-order valence-corrected chi connectivity index (χ1v) is 6.90. The minimum absolute atomic E-state index is 0.347. The zero-order valence-corrected chi connectivity index (χ0v) is 13.1. The Morgan fingerprint density at radius 2 is 1.13 bits per heavy atom. The Kier molecular flexibility index (Phi) is 7.14. The topological polar surface area (TPSA) is 60.4 Å². The van der Waals surface area contributed by atoms with Crippen LogP contribution in [-0.2, 0) is 9.53 Å². The number of carbonyl (C=O) groups excluding carboxylic acids is 3. The minimum atomic E-state index is -0.466. The van der Waals surface area contributed by atoms with Gasteiger partial charge in [-0.05, 0) is 6.92 Å². The lowest BCUT2D eigenvalue weighted by Crippen LogP contribution is -2.14. The molecule has 4 heteroatoms. The van der Waals surface area contributed by atoms with Crippen molar-refractivity contribution in [2.24, 2.45) is 0 Å². The Balaban J connectivity index is 0.000000322. The van der Waals surface area contributed by atoms with Gasteiger partial charge in [0, 0.05) is 16.7 Å². The molecule has 0 fully saturated rings. The number of carbonyl (C=O) groups is 3. The summed E-state index contributed by atoms with van der Waals surface area (Å²) in [4.78, 5) is 33.8. The number of rotatable bonds is 4. The van der Waals surface area contributed by atoms with E-state index in [1.165, 1.54) is 7.11 Å². The van der Waals surface area contributed by atoms with E-state index in [-0.39, 0.29) is 5.97 Å². The number of hydrogen-bond acceptors (Lipinski definition) is 4. The van der Waals surface area contributed by atoms with Crippen molar-refractivity contribution in [3.8, 4) is 0 Å². The third-order valence-electron chi connectivity index (χ3n) is 2.81. The van der Waals surface area contributed by atoms with Gasteiger partial charge in [-0.15, -0.1) is 0 Å². The molecular weight excluding hydrogens is 292 g/mol. The van der Waals surface area contributed by atoms with E-state index in [0.717, 1.165) is 0 Å². The number of esters is 1. The van der Waals surface area contributed by atoms with Crippen molar-refractivity contribution >= 4 is 17.5 Å². The lowest BCUT2D eigenvalue weighted by Gasteiger charge is -1.99. The molecule has 0 radical (unpaired) electrons. The molecule has 0 heterocycles. The number of benzene rings is 2. The summed E-state index contributed by atoms with van der Waals surface area (Å²) in [5.74, 6) is -1.28. The molecule has 0 aliphatic carbocycles. The zero-order valence-electron chi connectivity index (χ0n) is 13.1. The molecule has 2 rings (SSSR count). The summed E-state index contributed by atoms with van der Waals surface area (Å²) >= 11 is 0. The lowest BCUT2D eigenvalue weighted by molar-refractivity contribution is -0.136. The molecule has 0 atom stereocenters. The summed E-state index contributed by atoms with van der Waals surface area (Å²) in [7, 11) is 1.33. The largest absolute Gasteiger partial charge is 0.466 e. The lowest BCUT2D eigenvalue weighted by atomic mass is 10.0. The Morgan fingerprint density at radius 3 is 1.35 bits per heavy atom. The number of ether oxygens (including phenoxy) is 1. The van der Waals surface area contributed by atoms with Crippen LogP contribution in [0.15, 0.2) is 72.8 Å². The van der Waals surface area contributed by atoms with Crippen LogP contribution >= 0.6 is 0 Å². The summed E-state index contributed by atoms with van der Waals surface area (Å²) in [5.41, 5.74) is 1.29. The van der Waals surface area contributed by atoms with Gasteiger partial charge in [0.1, 0.15) is 0 Å². The monoisotopic (exact) mass is 310 g/mol. The number of methoxy groups -OCH3 is 1. The average Bonchev–Trinajstić information content (AvgIpc) is 2.61. The predicted molar refractivity (Wildman–Crippen MR) is 88.4 cm³/mol. The van der Waals surface area contributed by atoms with E-state index < -0.39 is 11.6 Å². The van der Waals surface area contributed by atoms with Crippen molar-refractivity contribution in [3.63, 3.8) is 0 Å². The summed E-state index contributed by atoms with van der Waals surface area (Å²) < 4.78 is 4.27. The van der Waals surface area contributed by atoms with Crippen LogP contribution in [0.1, 0.15) is 27.6 Å². The fourth-order valence-corrected chi connectivity index (χ4v) is 1.62. The second-order valence-corrected chi connectivity index (χ2v) is 4.66. The van der Waals surface area contributed by atoms with Gasteiger partial charge in [-0.3, -0.25) is 9.59 Å². The first kappa shape index (κ1) is 18.0. The van der Waals surface area contributed by atoms with Crippen molar-refractivity contribution in [1.29, 1.82) is 0 Å². The van der Waals surface area contributed by atoms with Gasteiger partial charge in [-0.2, -0.15) is 0 Å². The molecule has 0 bridgehead atoms. The number of Topliss-reactive ketones (excluding diaryl/α,β-unsaturated/α-hetero) is 2. The van der Waals surface area contributed by atoms with Crippen LogP contribution in [0.3, 0.4) is 0 Å². The van der Waals surface area contributed by atoms with Crippen LogP contribution in [0.25, 0.3) is 0 Å². The first-order chi connectivity index (χ1) is 11.0. The molecule has 2 aromatic carbocycles. The van der Waals surface area contributed by atoms with Crippen molar-refractivity contribution in [1.82, 2.24) is 0 Å². The van der Waals surface area contributed by atoms with Crippen molar-refractivity contribution in [2.75, 3.05) is 7.11 Å². The smallest absolute Gasteiger partial charge is 0.332 e. The van der Waals surface area contributed by atoms with Gasteiger partial charge in [0.05, 0.1) is 7.11 Å². The van der Waals surface area contributed by atoms with Crippen LogP contribution in [0, 0.1) is 0 Å². The highest BCUT2D eigenvalue weighted by molar-refractivity contribution is 6.49. The normalized spacial score (nSPS) is 9.13. The van der Waals surface area contributed by atoms with E-state index in [1.807, 2.05) is 12.1 Å². The maximum Gasteiger partial charge on any atom is 0.332 e. The summed E-state index contributed by atoms with van der Waals surface area (Å²) in [6.07, 6.45) is 0. The molecular formula is C19H18O4. The van der Waals surface area contributed by atoms with Crippen LogP contribution in [0.2, 0.25) is 0 Å². The Bertz CT molecular complexity index is 638. The van der Waals surface area contributed by atoms with Crippen LogP contribution < -0.4 is 0 Å². The fraction of sp³-hybridized carbons (Fsp3) is 0.105. The van der Waals surface area contributed by atoms with Crippen LogP contribution in [0.4, 0.5) is 0 Å². The quantitative estimate of drug-likeness (QED) is 0.375. The molecule has 4 nitrogen and oxygen atoms in total. The molecule has 0 aromatic heterocycles. The molecule has 0 spiro atoms. The summed E-state index contributed by atoms with van der Waals surface area (Å²) in [6, 6.07) is 17.2. The standard InChI is InChI=1S/C14H10O2.C5H8O2/c15-13(11-7-3-1-4-8-11)14(16)12-9-5-2-6-10-12;1-4(2)5(6)7-3/h1-10H;1H2,2-3H3. The Morgan fingerprint density at radius 1 is 0.783 bits per heavy atom. The molecule has 23 heavy (non-hydrogen) atoms. The molecule has 118 valence electrons. The van der Waals surface area contributed by atoms with Crippen molar-refractivity contribution in [2.45, 2.75) is 6.92 Å². The summed E-state index contributed by atoms with van der Waals surface area (Å²) in [6.45, 7) is 4.95. The maximum atomic E-state index is 11.8. The first-order valence-electron chi connectivity index (χ1n) is 6.90. The molecule has 0 N–H and O–H groups in total. The average molecular weight is 310 g/mol. The highest BCUT2D eigenvalue weighted by Gasteiger charge is 2.16. The molecule has 2 aromatic rings. The number of hydrogen-bond donors (Lipinski definition) is 0. The highest BCUT2D eigenvalue weighted by Crippen LogP contribution is 2.07. The van der Waals surface area contributed by atoms with Gasteiger partial charge in [0.15, 0.2) is 0 Å². The van der Waals surface area contributed by atoms with E-state index in [4.69, 9.17) is 0 Å². The van der Waals surface area contributed by atoms with E-state index in [2.05, 4.69) is 11.3 Å². The van der Waals surface area contributed by atoms with E-state index in [0.29, 0.717) is 16.7 Å². The molecule has 0 amide bonds. The molecule has 0 saturated heterocycles. The second-order valence-electron chi connectivity index (χ2n) is 4.66. The zero-order chi connectivity index (χ0) is 17.2. The maximum absolute atomic E-state index is 11.8. The molecule has 0 unspecified atom stereocenters. The van der Waals surface area contributed by atoms with Crippen LogP contribution in [-0.4, -0.2) is 24.6 Å². The Hall–Kier alpha value is -3.01. The van der Waals surface area contributed by atoms with Gasteiger partial charge in [-0.25, -0.2) is 4.79 Å². The minimum Gasteiger partial charge on any atom is -0.466 e. The third kappa shape index (κ3) is 5.71. The molecule has 0 saturated carbocycles. The third-order valence-corrected chi connectivity index (χ3v) is 2.81. The SMILES string of the molecule is C=C(C)C(=O)OC.O=C(C(=O)c1ccccc1)c1ccccc1. The van der Waals surface area contributed by atoms with Crippen molar-refractivity contribution in [3.05, 3.63) is 83.9 Å². The summed E-state index contributed by atoms with van der Waals surface area (Å²) in [5, 5.41) is 0. The second kappa shape index (κ2) is 9.10. The van der Waals surface area contributed by atoms with Crippen molar-refractivity contribution < 1.29 is 19.1 Å². The van der Waals surface area contributed by atoms with Gasteiger partial charge >= 0.3 is 5.97 Å². The Labute approximate surface area is 135 Å².